The van der Waals surface area contributed by atoms with Gasteiger partial charge in [-0.25, -0.2) is 4.98 Å². The predicted octanol–water partition coefficient (Wildman–Crippen LogP) is 0.683. The highest BCUT2D eigenvalue weighted by Gasteiger charge is 2.29. The standard InChI is InChI=1S/C19H21ClN4OS/c1-13(18-21-16-5-3-2-4-15(16)19(25)22-18)24-10-8-23(9-11-24)12-14-6-7-17(20)26-14/h2-7,13H,8-12H2,1H3,(H,21,22,25)/p+2/t13-/m1/s1. The summed E-state index contributed by atoms with van der Waals surface area (Å²) in [6, 6.07) is 11.8. The lowest BCUT2D eigenvalue weighted by Crippen LogP contribution is -3.27. The zero-order chi connectivity index (χ0) is 18.1. The summed E-state index contributed by atoms with van der Waals surface area (Å²) in [6.45, 7) is 7.59. The van der Waals surface area contributed by atoms with Gasteiger partial charge in [0.1, 0.15) is 38.8 Å². The van der Waals surface area contributed by atoms with Gasteiger partial charge in [-0.1, -0.05) is 23.7 Å². The molecule has 1 aliphatic rings. The number of hydrogen-bond acceptors (Lipinski definition) is 3. The molecule has 4 rings (SSSR count). The molecule has 1 fully saturated rings. The molecule has 3 N–H and O–H groups in total. The Labute approximate surface area is 161 Å². The summed E-state index contributed by atoms with van der Waals surface area (Å²) in [5.74, 6) is 0.789. The monoisotopic (exact) mass is 390 g/mol. The Morgan fingerprint density at radius 3 is 2.69 bits per heavy atom. The van der Waals surface area contributed by atoms with Crippen molar-refractivity contribution in [2.24, 2.45) is 0 Å². The van der Waals surface area contributed by atoms with Crippen LogP contribution in [0.25, 0.3) is 10.9 Å². The van der Waals surface area contributed by atoms with Gasteiger partial charge >= 0.3 is 0 Å². The molecule has 7 heteroatoms. The molecule has 3 heterocycles. The van der Waals surface area contributed by atoms with Gasteiger partial charge in [0.2, 0.25) is 0 Å². The van der Waals surface area contributed by atoms with Crippen molar-refractivity contribution in [1.82, 2.24) is 9.97 Å². The van der Waals surface area contributed by atoms with Crippen LogP contribution in [0.15, 0.2) is 41.2 Å². The zero-order valence-corrected chi connectivity index (χ0v) is 16.3. The van der Waals surface area contributed by atoms with Crippen LogP contribution >= 0.6 is 22.9 Å². The van der Waals surface area contributed by atoms with Crippen molar-refractivity contribution in [2.45, 2.75) is 19.5 Å². The summed E-state index contributed by atoms with van der Waals surface area (Å²) in [5, 5.41) is 0.655. The average Bonchev–Trinajstić information content (AvgIpc) is 3.06. The second kappa shape index (κ2) is 7.48. The third kappa shape index (κ3) is 3.69. The molecule has 0 radical (unpaired) electrons. The lowest BCUT2D eigenvalue weighted by molar-refractivity contribution is -1.03. The number of fused-ring (bicyclic) bond motifs is 1. The van der Waals surface area contributed by atoms with Gasteiger partial charge in [0.25, 0.3) is 5.56 Å². The minimum absolute atomic E-state index is 0.0457. The molecule has 2 aromatic heterocycles. The number of halogens is 1. The maximum Gasteiger partial charge on any atom is 0.258 e. The van der Waals surface area contributed by atoms with Crippen molar-refractivity contribution in [1.29, 1.82) is 0 Å². The molecule has 136 valence electrons. The van der Waals surface area contributed by atoms with Gasteiger partial charge < -0.3 is 14.8 Å². The Morgan fingerprint density at radius 1 is 1.19 bits per heavy atom. The van der Waals surface area contributed by atoms with Gasteiger partial charge in [0, 0.05) is 0 Å². The van der Waals surface area contributed by atoms with Crippen molar-refractivity contribution < 1.29 is 9.80 Å². The van der Waals surface area contributed by atoms with E-state index in [0.717, 1.165) is 48.4 Å². The Bertz CT molecular complexity index is 961. The number of aromatic nitrogens is 2. The number of aromatic amines is 1. The predicted molar refractivity (Wildman–Crippen MR) is 105 cm³/mol. The van der Waals surface area contributed by atoms with Crippen molar-refractivity contribution in [2.75, 3.05) is 26.2 Å². The molecular weight excluding hydrogens is 368 g/mol. The molecular formula is C19H23ClN4OS+2. The number of benzene rings is 1. The molecule has 1 saturated heterocycles. The second-order valence-corrected chi connectivity index (χ2v) is 8.78. The molecule has 0 spiro atoms. The van der Waals surface area contributed by atoms with Crippen LogP contribution in [0.2, 0.25) is 4.34 Å². The van der Waals surface area contributed by atoms with E-state index in [1.54, 1.807) is 16.2 Å². The first-order valence-corrected chi connectivity index (χ1v) is 10.2. The maximum atomic E-state index is 12.3. The van der Waals surface area contributed by atoms with Crippen molar-refractivity contribution in [3.8, 4) is 0 Å². The van der Waals surface area contributed by atoms with E-state index in [9.17, 15) is 4.79 Å². The van der Waals surface area contributed by atoms with E-state index in [2.05, 4.69) is 18.0 Å². The lowest BCUT2D eigenvalue weighted by Gasteiger charge is -2.32. The van der Waals surface area contributed by atoms with E-state index in [1.165, 1.54) is 9.78 Å². The number of rotatable bonds is 4. The van der Waals surface area contributed by atoms with Crippen LogP contribution in [0.5, 0.6) is 0 Å². The maximum absolute atomic E-state index is 12.3. The van der Waals surface area contributed by atoms with E-state index in [0.29, 0.717) is 5.39 Å². The summed E-state index contributed by atoms with van der Waals surface area (Å²) >= 11 is 7.71. The number of quaternary nitrogens is 2. The van der Waals surface area contributed by atoms with Gasteiger partial charge in [0.15, 0.2) is 5.82 Å². The second-order valence-electron chi connectivity index (χ2n) is 6.98. The third-order valence-electron chi connectivity index (χ3n) is 5.31. The first-order valence-electron chi connectivity index (χ1n) is 9.01. The molecule has 1 atom stereocenters. The Balaban J connectivity index is 1.43. The molecule has 1 aliphatic heterocycles. The first kappa shape index (κ1) is 17.7. The van der Waals surface area contributed by atoms with Crippen LogP contribution in [-0.4, -0.2) is 36.1 Å². The fourth-order valence-electron chi connectivity index (χ4n) is 3.73. The Morgan fingerprint density at radius 2 is 1.96 bits per heavy atom. The number of H-pyrrole nitrogens is 1. The molecule has 3 aromatic rings. The van der Waals surface area contributed by atoms with E-state index >= 15 is 0 Å². The average molecular weight is 391 g/mol. The first-order chi connectivity index (χ1) is 12.6. The summed E-state index contributed by atoms with van der Waals surface area (Å²) in [6.07, 6.45) is 0. The van der Waals surface area contributed by atoms with E-state index in [4.69, 9.17) is 16.6 Å². The number of para-hydroxylation sites is 1. The van der Waals surface area contributed by atoms with Crippen LogP contribution in [0, 0.1) is 0 Å². The third-order valence-corrected chi connectivity index (χ3v) is 6.54. The fraction of sp³-hybridized carbons (Fsp3) is 0.368. The lowest BCUT2D eigenvalue weighted by atomic mass is 10.2. The molecule has 0 unspecified atom stereocenters. The van der Waals surface area contributed by atoms with E-state index in [1.807, 2.05) is 30.3 Å². The quantitative estimate of drug-likeness (QED) is 0.613. The number of piperazine rings is 1. The van der Waals surface area contributed by atoms with Crippen LogP contribution in [-0.2, 0) is 6.54 Å². The highest BCUT2D eigenvalue weighted by molar-refractivity contribution is 7.16. The minimum Gasteiger partial charge on any atom is -0.321 e. The fourth-order valence-corrected chi connectivity index (χ4v) is 4.89. The van der Waals surface area contributed by atoms with E-state index in [-0.39, 0.29) is 11.6 Å². The smallest absolute Gasteiger partial charge is 0.258 e. The van der Waals surface area contributed by atoms with Crippen LogP contribution < -0.4 is 15.4 Å². The molecule has 1 aromatic carbocycles. The summed E-state index contributed by atoms with van der Waals surface area (Å²) in [4.78, 5) is 24.5. The summed E-state index contributed by atoms with van der Waals surface area (Å²) in [7, 11) is 0. The van der Waals surface area contributed by atoms with Crippen LogP contribution in [0.3, 0.4) is 0 Å². The molecule has 0 saturated carbocycles. The highest BCUT2D eigenvalue weighted by Crippen LogP contribution is 2.20. The number of hydrogen-bond donors (Lipinski definition) is 3. The van der Waals surface area contributed by atoms with Crippen LogP contribution in [0.4, 0.5) is 0 Å². The number of thiophene rings is 1. The Hall–Kier alpha value is -1.73. The van der Waals surface area contributed by atoms with Gasteiger partial charge in [-0.3, -0.25) is 4.79 Å². The van der Waals surface area contributed by atoms with Crippen LogP contribution in [0.1, 0.15) is 23.7 Å². The number of nitrogens with zero attached hydrogens (tertiary/aromatic N) is 1. The topological polar surface area (TPSA) is 54.6 Å². The van der Waals surface area contributed by atoms with Gasteiger partial charge in [0.05, 0.1) is 20.1 Å². The van der Waals surface area contributed by atoms with Gasteiger partial charge in [-0.2, -0.15) is 0 Å². The summed E-state index contributed by atoms with van der Waals surface area (Å²) < 4.78 is 0.864. The number of nitrogens with one attached hydrogen (secondary N) is 3. The van der Waals surface area contributed by atoms with E-state index < -0.39 is 0 Å². The SMILES string of the molecule is C[C@H](c1nc2ccccc2c(=O)[nH]1)[NH+]1CC[NH+](Cc2ccc(Cl)s2)CC1. The molecule has 26 heavy (non-hydrogen) atoms. The molecule has 0 amide bonds. The van der Waals surface area contributed by atoms with Crippen molar-refractivity contribution >= 4 is 33.8 Å². The van der Waals surface area contributed by atoms with Gasteiger partial charge in [-0.15, -0.1) is 11.3 Å². The highest BCUT2D eigenvalue weighted by atomic mass is 35.5. The Kier molecular flexibility index (Phi) is 5.09. The summed E-state index contributed by atoms with van der Waals surface area (Å²) in [5.41, 5.74) is 0.729. The molecule has 0 aliphatic carbocycles. The minimum atomic E-state index is -0.0457. The molecule has 0 bridgehead atoms. The van der Waals surface area contributed by atoms with Crippen molar-refractivity contribution in [3.05, 3.63) is 61.8 Å². The molecule has 5 nitrogen and oxygen atoms in total. The normalized spacial score (nSPS) is 21.8. The largest absolute Gasteiger partial charge is 0.321 e. The van der Waals surface area contributed by atoms with Gasteiger partial charge in [-0.05, 0) is 31.2 Å². The zero-order valence-electron chi connectivity index (χ0n) is 14.7. The van der Waals surface area contributed by atoms with Crippen molar-refractivity contribution in [3.63, 3.8) is 0 Å².